The third kappa shape index (κ3) is 1.61. The average molecular weight is 284 g/mol. The van der Waals surface area contributed by atoms with Crippen molar-refractivity contribution in [1.29, 1.82) is 0 Å². The maximum absolute atomic E-state index is 5.40. The van der Waals surface area contributed by atoms with Gasteiger partial charge >= 0.3 is 0 Å². The summed E-state index contributed by atoms with van der Waals surface area (Å²) in [5.74, 6) is 0. The fourth-order valence-corrected chi connectivity index (χ4v) is 3.22. The molecule has 0 aliphatic rings. The van der Waals surface area contributed by atoms with Gasteiger partial charge in [-0.1, -0.05) is 0 Å². The molecule has 0 spiro atoms. The van der Waals surface area contributed by atoms with Gasteiger partial charge in [0.15, 0.2) is 4.77 Å². The molecule has 0 aliphatic heterocycles. The van der Waals surface area contributed by atoms with Crippen molar-refractivity contribution >= 4 is 44.8 Å². The second kappa shape index (κ2) is 3.97. The van der Waals surface area contributed by atoms with Gasteiger partial charge in [0.1, 0.15) is 0 Å². The van der Waals surface area contributed by atoms with Crippen LogP contribution in [0.1, 0.15) is 0 Å². The van der Waals surface area contributed by atoms with Gasteiger partial charge in [0, 0.05) is 11.9 Å². The number of hydrogen-bond donors (Lipinski definition) is 1. The van der Waals surface area contributed by atoms with Crippen LogP contribution in [0.5, 0.6) is 0 Å². The summed E-state index contributed by atoms with van der Waals surface area (Å²) in [5, 5.41) is 0. The van der Waals surface area contributed by atoms with Gasteiger partial charge < -0.3 is 4.98 Å². The Morgan fingerprint density at radius 3 is 3.16 bits per heavy atom. The highest BCUT2D eigenvalue weighted by Gasteiger charge is 2.07. The molecule has 6 heteroatoms. The molecule has 0 radical (unpaired) electrons. The van der Waals surface area contributed by atoms with E-state index in [9.17, 15) is 0 Å². The van der Waals surface area contributed by atoms with Crippen molar-refractivity contribution in [3.05, 3.63) is 46.9 Å². The number of aromatic amines is 1. The summed E-state index contributed by atoms with van der Waals surface area (Å²) in [6.07, 6.45) is 3.56. The Hall–Kier alpha value is -2.05. The molecule has 4 rings (SSSR count). The summed E-state index contributed by atoms with van der Waals surface area (Å²) in [4.78, 5) is 11.6. The van der Waals surface area contributed by atoms with E-state index in [1.54, 1.807) is 23.7 Å². The second-order valence-electron chi connectivity index (χ2n) is 4.16. The molecule has 0 aliphatic carbocycles. The van der Waals surface area contributed by atoms with Crippen LogP contribution in [-0.4, -0.2) is 19.5 Å². The van der Waals surface area contributed by atoms with Crippen LogP contribution in [0.2, 0.25) is 0 Å². The summed E-state index contributed by atoms with van der Waals surface area (Å²) < 4.78 is 3.85. The molecule has 0 atom stereocenters. The van der Waals surface area contributed by atoms with Crippen LogP contribution < -0.4 is 0 Å². The van der Waals surface area contributed by atoms with E-state index in [1.807, 2.05) is 28.3 Å². The molecule has 92 valence electrons. The zero-order valence-corrected chi connectivity index (χ0v) is 11.3. The number of imidazole rings is 1. The fourth-order valence-electron chi connectivity index (χ4n) is 2.20. The van der Waals surface area contributed by atoms with Gasteiger partial charge in [-0.15, -0.1) is 11.3 Å². The maximum atomic E-state index is 5.40. The first-order valence-corrected chi connectivity index (χ1v) is 7.00. The second-order valence-corrected chi connectivity index (χ2v) is 5.44. The first kappa shape index (κ1) is 10.8. The third-order valence-corrected chi connectivity index (χ3v) is 4.13. The lowest BCUT2D eigenvalue weighted by atomic mass is 10.3. The molecule has 1 N–H and O–H groups in total. The maximum Gasteiger partial charge on any atom is 0.182 e. The molecule has 1 aromatic carbocycles. The lowest BCUT2D eigenvalue weighted by Crippen LogP contribution is -1.93. The molecule has 0 fully saturated rings. The first-order valence-electron chi connectivity index (χ1n) is 5.71. The highest BCUT2D eigenvalue weighted by molar-refractivity contribution is 7.71. The van der Waals surface area contributed by atoms with E-state index in [0.29, 0.717) is 4.77 Å². The van der Waals surface area contributed by atoms with Gasteiger partial charge in [0.25, 0.3) is 0 Å². The van der Waals surface area contributed by atoms with Crippen molar-refractivity contribution in [2.75, 3.05) is 0 Å². The van der Waals surface area contributed by atoms with Gasteiger partial charge in [-0.3, -0.25) is 9.55 Å². The van der Waals surface area contributed by atoms with Crippen LogP contribution in [0.4, 0.5) is 0 Å². The lowest BCUT2D eigenvalue weighted by molar-refractivity contribution is 1.07. The molecular formula is C13H8N4S2. The summed E-state index contributed by atoms with van der Waals surface area (Å²) in [6, 6.07) is 8.11. The Labute approximate surface area is 117 Å². The third-order valence-electron chi connectivity index (χ3n) is 3.06. The van der Waals surface area contributed by atoms with Gasteiger partial charge in [-0.2, -0.15) is 0 Å². The highest BCUT2D eigenvalue weighted by atomic mass is 32.1. The Morgan fingerprint density at radius 1 is 1.26 bits per heavy atom. The molecule has 0 saturated heterocycles. The number of thiazole rings is 1. The number of benzene rings is 1. The number of aromatic nitrogens is 4. The monoisotopic (exact) mass is 284 g/mol. The Balaban J connectivity index is 2.08. The molecule has 4 aromatic rings. The number of nitrogens with zero attached hydrogens (tertiary/aromatic N) is 3. The Kier molecular flexibility index (Phi) is 2.27. The molecule has 0 amide bonds. The van der Waals surface area contributed by atoms with E-state index < -0.39 is 0 Å². The first-order chi connectivity index (χ1) is 9.33. The van der Waals surface area contributed by atoms with Gasteiger partial charge in [0.2, 0.25) is 0 Å². The van der Waals surface area contributed by atoms with Gasteiger partial charge in [-0.05, 0) is 36.5 Å². The van der Waals surface area contributed by atoms with Crippen molar-refractivity contribution in [3.63, 3.8) is 0 Å². The van der Waals surface area contributed by atoms with Gasteiger partial charge in [-0.25, -0.2) is 4.98 Å². The Morgan fingerprint density at radius 2 is 2.21 bits per heavy atom. The molecule has 0 bridgehead atoms. The van der Waals surface area contributed by atoms with Crippen LogP contribution in [-0.2, 0) is 0 Å². The SMILES string of the molecule is S=c1[nH]c2cnccc2n1-c1ccc2ncsc2c1. The summed E-state index contributed by atoms with van der Waals surface area (Å²) >= 11 is 7.03. The number of fused-ring (bicyclic) bond motifs is 2. The van der Waals surface area contributed by atoms with Crippen molar-refractivity contribution in [2.24, 2.45) is 0 Å². The average Bonchev–Trinajstić information content (AvgIpc) is 3.00. The molecule has 4 nitrogen and oxygen atoms in total. The van der Waals surface area contributed by atoms with Crippen molar-refractivity contribution in [3.8, 4) is 5.69 Å². The lowest BCUT2D eigenvalue weighted by Gasteiger charge is -2.04. The quantitative estimate of drug-likeness (QED) is 0.542. The molecule has 0 unspecified atom stereocenters. The zero-order valence-electron chi connectivity index (χ0n) is 9.70. The molecule has 3 heterocycles. The van der Waals surface area contributed by atoms with Crippen LogP contribution in [0.15, 0.2) is 42.2 Å². The highest BCUT2D eigenvalue weighted by Crippen LogP contribution is 2.24. The predicted octanol–water partition coefficient (Wildman–Crippen LogP) is 3.69. The fraction of sp³-hybridized carbons (Fsp3) is 0. The predicted molar refractivity (Wildman–Crippen MR) is 79.4 cm³/mol. The van der Waals surface area contributed by atoms with E-state index in [2.05, 4.69) is 21.0 Å². The van der Waals surface area contributed by atoms with Crippen molar-refractivity contribution < 1.29 is 0 Å². The number of hydrogen-bond acceptors (Lipinski definition) is 4. The van der Waals surface area contributed by atoms with E-state index >= 15 is 0 Å². The molecule has 3 aromatic heterocycles. The zero-order chi connectivity index (χ0) is 12.8. The topological polar surface area (TPSA) is 46.5 Å². The van der Waals surface area contributed by atoms with Crippen molar-refractivity contribution in [2.45, 2.75) is 0 Å². The number of nitrogens with one attached hydrogen (secondary N) is 1. The van der Waals surface area contributed by atoms with Crippen molar-refractivity contribution in [1.82, 2.24) is 19.5 Å². The molecule has 19 heavy (non-hydrogen) atoms. The molecule has 0 saturated carbocycles. The largest absolute Gasteiger partial charge is 0.329 e. The van der Waals surface area contributed by atoms with Crippen LogP contribution >= 0.6 is 23.6 Å². The number of rotatable bonds is 1. The van der Waals surface area contributed by atoms with E-state index in [1.165, 1.54) is 0 Å². The van der Waals surface area contributed by atoms with Crippen LogP contribution in [0.3, 0.4) is 0 Å². The smallest absolute Gasteiger partial charge is 0.182 e. The minimum atomic E-state index is 0.673. The number of pyridine rings is 1. The molecular weight excluding hydrogens is 276 g/mol. The van der Waals surface area contributed by atoms with Crippen LogP contribution in [0.25, 0.3) is 26.9 Å². The van der Waals surface area contributed by atoms with Crippen LogP contribution in [0, 0.1) is 4.77 Å². The summed E-state index contributed by atoms with van der Waals surface area (Å²) in [6.45, 7) is 0. The minimum Gasteiger partial charge on any atom is -0.329 e. The summed E-state index contributed by atoms with van der Waals surface area (Å²) in [7, 11) is 0. The van der Waals surface area contributed by atoms with E-state index in [4.69, 9.17) is 12.2 Å². The summed E-state index contributed by atoms with van der Waals surface area (Å²) in [5.41, 5.74) is 5.88. The van der Waals surface area contributed by atoms with Gasteiger partial charge in [0.05, 0.1) is 33.0 Å². The minimum absolute atomic E-state index is 0.673. The van der Waals surface area contributed by atoms with E-state index in [-0.39, 0.29) is 0 Å². The Bertz CT molecular complexity index is 948. The number of H-pyrrole nitrogens is 1. The van der Waals surface area contributed by atoms with E-state index in [0.717, 1.165) is 26.9 Å². The standard InChI is InChI=1S/C13H8N4S2/c18-13-16-10-6-14-4-3-11(10)17(13)8-1-2-9-12(5-8)19-7-15-9/h1-7H,(H,16,18). The normalized spacial score (nSPS) is 11.4.